The molecule has 12 unspecified atom stereocenters. The summed E-state index contributed by atoms with van der Waals surface area (Å²) >= 11 is 0. The molecule has 2 amide bonds. The van der Waals surface area contributed by atoms with Crippen molar-refractivity contribution in [3.63, 3.8) is 0 Å². The molecule has 4 aliphatic carbocycles. The lowest BCUT2D eigenvalue weighted by molar-refractivity contribution is -0.240. The SMILES string of the molecule is CC1CCC2C(C)(C)C(O)CCC2(C)C12Cc1c(O)cc3c(c1O2)CN(CCCCC(C(=O)O)N1Cc2c(cc(O)c4c2OC2(C4)C(C)CCC4C(C)(C)C(O)C(O)CC42C)C1=O)C3=O. The first-order chi connectivity index (χ1) is 30.4. The van der Waals surface area contributed by atoms with E-state index in [1.165, 1.54) is 11.0 Å². The van der Waals surface area contributed by atoms with Crippen LogP contribution < -0.4 is 9.47 Å². The molecule has 8 aliphatic rings. The molecule has 6 N–H and O–H groups in total. The van der Waals surface area contributed by atoms with Gasteiger partial charge in [0, 0.05) is 52.5 Å². The maximum atomic E-state index is 14.1. The molecule has 2 aromatic carbocycles. The number of carbonyl (C=O) groups excluding carboxylic acids is 2. The van der Waals surface area contributed by atoms with Gasteiger partial charge in [-0.2, -0.15) is 0 Å². The van der Waals surface area contributed by atoms with Crippen molar-refractivity contribution < 1.29 is 54.5 Å². The van der Waals surface area contributed by atoms with Gasteiger partial charge in [0.05, 0.1) is 42.5 Å². The largest absolute Gasteiger partial charge is 0.508 e. The number of aliphatic hydroxyl groups excluding tert-OH is 3. The molecule has 2 spiro atoms. The van der Waals surface area contributed by atoms with Gasteiger partial charge < -0.3 is 49.9 Å². The van der Waals surface area contributed by atoms with E-state index in [4.69, 9.17) is 9.47 Å². The first kappa shape index (κ1) is 44.7. The van der Waals surface area contributed by atoms with Crippen LogP contribution in [0.15, 0.2) is 12.1 Å². The molecule has 65 heavy (non-hydrogen) atoms. The zero-order valence-electron chi connectivity index (χ0n) is 39.5. The predicted molar refractivity (Wildman–Crippen MR) is 240 cm³/mol. The van der Waals surface area contributed by atoms with Gasteiger partial charge in [-0.25, -0.2) is 4.79 Å². The maximum absolute atomic E-state index is 14.1. The molecule has 0 saturated heterocycles. The average Bonchev–Trinajstić information content (AvgIpc) is 4.01. The van der Waals surface area contributed by atoms with Gasteiger partial charge in [-0.15, -0.1) is 0 Å². The van der Waals surface area contributed by atoms with Crippen molar-refractivity contribution in [2.24, 2.45) is 45.3 Å². The minimum absolute atomic E-state index is 0.0116. The number of unbranched alkanes of at least 4 members (excludes halogenated alkanes) is 1. The number of fused-ring (bicyclic) bond motifs is 10. The summed E-state index contributed by atoms with van der Waals surface area (Å²) in [6.07, 6.45) is 5.21. The number of aromatic hydroxyl groups is 2. The first-order valence-corrected chi connectivity index (χ1v) is 24.5. The van der Waals surface area contributed by atoms with Crippen LogP contribution in [0.4, 0.5) is 0 Å². The molecule has 4 heterocycles. The Morgan fingerprint density at radius 3 is 1.85 bits per heavy atom. The molecule has 13 heteroatoms. The monoisotopic (exact) mass is 898 g/mol. The number of aliphatic carboxylic acids is 1. The van der Waals surface area contributed by atoms with Crippen molar-refractivity contribution in [3.05, 3.63) is 45.5 Å². The molecule has 10 rings (SSSR count). The third kappa shape index (κ3) is 5.82. The number of amides is 2. The first-order valence-electron chi connectivity index (χ1n) is 24.5. The van der Waals surface area contributed by atoms with Gasteiger partial charge in [-0.1, -0.05) is 55.4 Å². The van der Waals surface area contributed by atoms with Gasteiger partial charge in [-0.3, -0.25) is 9.59 Å². The van der Waals surface area contributed by atoms with E-state index in [0.29, 0.717) is 79.8 Å². The van der Waals surface area contributed by atoms with Crippen LogP contribution in [-0.4, -0.2) is 100 Å². The van der Waals surface area contributed by atoms with E-state index in [9.17, 15) is 45.0 Å². The van der Waals surface area contributed by atoms with Gasteiger partial charge in [-0.05, 0) is 111 Å². The Balaban J connectivity index is 0.834. The second-order valence-corrected chi connectivity index (χ2v) is 23.6. The van der Waals surface area contributed by atoms with Crippen LogP contribution >= 0.6 is 0 Å². The molecule has 354 valence electrons. The fraction of sp³-hybridized carbons (Fsp3) is 0.712. The zero-order chi connectivity index (χ0) is 46.7. The fourth-order valence-corrected chi connectivity index (χ4v) is 16.2. The highest BCUT2D eigenvalue weighted by atomic mass is 16.5. The summed E-state index contributed by atoms with van der Waals surface area (Å²) in [7, 11) is 0. The Morgan fingerprint density at radius 2 is 1.26 bits per heavy atom. The van der Waals surface area contributed by atoms with Crippen LogP contribution in [0.2, 0.25) is 0 Å². The lowest BCUT2D eigenvalue weighted by Gasteiger charge is -2.64. The van der Waals surface area contributed by atoms with Crippen LogP contribution in [0.5, 0.6) is 23.0 Å². The second-order valence-electron chi connectivity index (χ2n) is 23.6. The van der Waals surface area contributed by atoms with E-state index in [0.717, 1.165) is 43.2 Å². The Hall–Kier alpha value is -4.07. The van der Waals surface area contributed by atoms with E-state index in [2.05, 4.69) is 41.5 Å². The van der Waals surface area contributed by atoms with Crippen LogP contribution in [0, 0.1) is 45.3 Å². The summed E-state index contributed by atoms with van der Waals surface area (Å²) in [4.78, 5) is 44.1. The van der Waals surface area contributed by atoms with Gasteiger partial charge in [0.15, 0.2) is 0 Å². The molecule has 13 nitrogen and oxygen atoms in total. The normalized spacial score (nSPS) is 38.7. The molecular formula is C52H70N2O11. The summed E-state index contributed by atoms with van der Waals surface area (Å²) in [5.41, 5.74) is 0.244. The number of benzene rings is 2. The Labute approximate surface area is 382 Å². The lowest BCUT2D eigenvalue weighted by Crippen LogP contribution is -2.69. The van der Waals surface area contributed by atoms with E-state index < -0.39 is 58.3 Å². The predicted octanol–water partition coefficient (Wildman–Crippen LogP) is 7.12. The number of ether oxygens (including phenoxy) is 2. The van der Waals surface area contributed by atoms with E-state index in [1.807, 2.05) is 13.8 Å². The third-order valence-corrected chi connectivity index (χ3v) is 20.1. The van der Waals surface area contributed by atoms with Crippen molar-refractivity contribution in [2.75, 3.05) is 6.54 Å². The number of carboxylic acid groups (broad SMARTS) is 1. The van der Waals surface area contributed by atoms with E-state index in [1.54, 1.807) is 11.0 Å². The van der Waals surface area contributed by atoms with Crippen LogP contribution in [0.1, 0.15) is 163 Å². The zero-order valence-corrected chi connectivity index (χ0v) is 39.5. The van der Waals surface area contributed by atoms with Crippen molar-refractivity contribution in [3.8, 4) is 23.0 Å². The van der Waals surface area contributed by atoms with Crippen LogP contribution in [0.3, 0.4) is 0 Å². The molecule has 2 aromatic rings. The summed E-state index contributed by atoms with van der Waals surface area (Å²) in [5.74, 6) is -0.287. The fourth-order valence-electron chi connectivity index (χ4n) is 16.2. The quantitative estimate of drug-likeness (QED) is 0.155. The Bertz CT molecular complexity index is 2380. The Morgan fingerprint density at radius 1 is 0.723 bits per heavy atom. The summed E-state index contributed by atoms with van der Waals surface area (Å²) in [5, 5.41) is 67.0. The van der Waals surface area contributed by atoms with Gasteiger partial charge in [0.2, 0.25) is 0 Å². The van der Waals surface area contributed by atoms with Crippen molar-refractivity contribution >= 4 is 17.8 Å². The highest BCUT2D eigenvalue weighted by Crippen LogP contribution is 2.69. The molecule has 12 atom stereocenters. The number of phenols is 2. The van der Waals surface area contributed by atoms with Crippen molar-refractivity contribution in [1.29, 1.82) is 0 Å². The lowest BCUT2D eigenvalue weighted by atomic mass is 9.43. The molecule has 0 bridgehead atoms. The molecule has 0 aromatic heterocycles. The summed E-state index contributed by atoms with van der Waals surface area (Å²) < 4.78 is 14.3. The highest BCUT2D eigenvalue weighted by molar-refractivity contribution is 6.02. The minimum atomic E-state index is -1.15. The highest BCUT2D eigenvalue weighted by Gasteiger charge is 2.70. The smallest absolute Gasteiger partial charge is 0.326 e. The molecular weight excluding hydrogens is 829 g/mol. The van der Waals surface area contributed by atoms with Gasteiger partial charge in [0.1, 0.15) is 40.2 Å². The molecule has 4 aliphatic heterocycles. The Kier molecular flexibility index (Phi) is 9.96. The number of aliphatic hydroxyl groups is 3. The minimum Gasteiger partial charge on any atom is -0.508 e. The van der Waals surface area contributed by atoms with Crippen molar-refractivity contribution in [1.82, 2.24) is 9.80 Å². The number of rotatable bonds is 7. The topological polar surface area (TPSA) is 198 Å². The second kappa shape index (κ2) is 14.5. The van der Waals surface area contributed by atoms with Crippen LogP contribution in [0.25, 0.3) is 0 Å². The third-order valence-electron chi connectivity index (χ3n) is 20.1. The van der Waals surface area contributed by atoms with Gasteiger partial charge in [0.25, 0.3) is 11.8 Å². The summed E-state index contributed by atoms with van der Waals surface area (Å²) in [6, 6.07) is 1.90. The van der Waals surface area contributed by atoms with Crippen LogP contribution in [-0.2, 0) is 30.7 Å². The molecule has 0 radical (unpaired) electrons. The molecule has 4 fully saturated rings. The van der Waals surface area contributed by atoms with E-state index in [-0.39, 0.29) is 70.4 Å². The number of hydrogen-bond acceptors (Lipinski definition) is 10. The maximum Gasteiger partial charge on any atom is 0.326 e. The number of nitrogens with zero attached hydrogens (tertiary/aromatic N) is 2. The average molecular weight is 899 g/mol. The summed E-state index contributed by atoms with van der Waals surface area (Å²) in [6.45, 7) is 17.9. The standard InChI is InChI=1S/C52H70N2O11/c1-26-12-14-38-47(3,4)40(58)16-17-49(38,7)51(26)21-30-35(55)19-28-32(41(30)64-51)24-53(44(28)60)18-10-9-11-34(46(62)63)54-25-33-29(45(54)61)20-36(56)31-22-52(65-42(31)33)27(2)13-15-39-48(5,6)43(59)37(57)23-50(39,52)8/h19-20,26-27,34,37-40,43,55-59H,9-18,21-25H2,1-8H3,(H,62,63). The van der Waals surface area contributed by atoms with E-state index >= 15 is 0 Å². The molecule has 4 saturated carbocycles. The van der Waals surface area contributed by atoms with Gasteiger partial charge >= 0.3 is 5.97 Å². The van der Waals surface area contributed by atoms with Crippen molar-refractivity contribution in [2.45, 2.75) is 181 Å². The number of carboxylic acids is 1. The number of phenolic OH excluding ortho intramolecular Hbond substituents is 2. The number of carbonyl (C=O) groups is 3. The number of hydrogen-bond donors (Lipinski definition) is 6.